The van der Waals surface area contributed by atoms with Gasteiger partial charge in [0.15, 0.2) is 6.23 Å². The number of H-pyrrole nitrogens is 1. The van der Waals surface area contributed by atoms with Crippen molar-refractivity contribution in [2.75, 3.05) is 6.61 Å². The van der Waals surface area contributed by atoms with Crippen LogP contribution in [0.2, 0.25) is 10.1 Å². The van der Waals surface area contributed by atoms with E-state index < -0.39 is 52.4 Å². The summed E-state index contributed by atoms with van der Waals surface area (Å²) in [6.07, 6.45) is -3.71. The lowest BCUT2D eigenvalue weighted by Gasteiger charge is -2.43. The normalized spacial score (nSPS) is 19.7. The number of aromatic nitrogens is 2. The van der Waals surface area contributed by atoms with Gasteiger partial charge in [-0.05, 0) is 30.8 Å². The molecule has 0 spiro atoms. The number of rotatable bonds is 11. The van der Waals surface area contributed by atoms with Gasteiger partial charge in [0.05, 0.1) is 18.8 Å². The van der Waals surface area contributed by atoms with Gasteiger partial charge in [0, 0.05) is 6.20 Å². The molecular formula is C42H50N2O7Si2. The minimum absolute atomic E-state index is 0.0378. The van der Waals surface area contributed by atoms with Crippen LogP contribution in [0.1, 0.15) is 53.3 Å². The van der Waals surface area contributed by atoms with Crippen molar-refractivity contribution in [2.45, 2.75) is 82.8 Å². The molecule has 0 radical (unpaired) electrons. The number of hydrogen-bond acceptors (Lipinski definition) is 7. The molecule has 1 saturated heterocycles. The van der Waals surface area contributed by atoms with Gasteiger partial charge in [0.1, 0.15) is 18.3 Å². The summed E-state index contributed by atoms with van der Waals surface area (Å²) in [5.74, 6) is 0. The molecule has 4 aromatic carbocycles. The van der Waals surface area contributed by atoms with E-state index in [0.717, 1.165) is 25.3 Å². The molecule has 0 unspecified atom stereocenters. The minimum atomic E-state index is -3.03. The van der Waals surface area contributed by atoms with Crippen molar-refractivity contribution in [3.8, 4) is 0 Å². The van der Waals surface area contributed by atoms with Crippen molar-refractivity contribution < 1.29 is 23.8 Å². The number of nitrogens with zero attached hydrogens (tertiary/aromatic N) is 1. The number of hydrogen-bond donors (Lipinski definition) is 3. The highest BCUT2D eigenvalue weighted by atomic mass is 28.4. The number of aliphatic hydroxyl groups excluding tert-OH is 2. The second-order valence-electron chi connectivity index (χ2n) is 15.8. The first kappa shape index (κ1) is 38.5. The summed E-state index contributed by atoms with van der Waals surface area (Å²) >= 11 is 0. The quantitative estimate of drug-likeness (QED) is 0.176. The standard InChI is InChI=1S/C42H50N2O7Si2/c1-41(2,3)52(31-19-11-7-12-20-31,32-21-13-8-14-22-32)49-28-30-27-44(40(48)43-38(30)47)39-37(46)36(45)35(51-39)29-50-53(42(4,5)6,33-23-15-9-16-24-33)34-25-17-10-18-26-34/h7-27,35-37,39,45-46H,28-29H2,1-6H3,(H,43,47,48)/t35-,36-,37-,39-/m1/s1. The van der Waals surface area contributed by atoms with Crippen molar-refractivity contribution in [1.82, 2.24) is 9.55 Å². The fraction of sp³-hybridized carbons (Fsp3) is 0.333. The molecule has 278 valence electrons. The van der Waals surface area contributed by atoms with Gasteiger partial charge in [-0.15, -0.1) is 0 Å². The Balaban J connectivity index is 1.31. The van der Waals surface area contributed by atoms with Crippen LogP contribution in [0, 0.1) is 0 Å². The van der Waals surface area contributed by atoms with Crippen LogP contribution in [0.15, 0.2) is 137 Å². The smallest absolute Gasteiger partial charge is 0.330 e. The van der Waals surface area contributed by atoms with Crippen LogP contribution in [-0.2, 0) is 20.2 Å². The van der Waals surface area contributed by atoms with Gasteiger partial charge in [0.2, 0.25) is 0 Å². The van der Waals surface area contributed by atoms with E-state index in [9.17, 15) is 19.8 Å². The first-order valence-electron chi connectivity index (χ1n) is 18.1. The predicted octanol–water partition coefficient (Wildman–Crippen LogP) is 3.81. The van der Waals surface area contributed by atoms with Crippen molar-refractivity contribution in [3.63, 3.8) is 0 Å². The molecule has 0 aliphatic carbocycles. The second kappa shape index (κ2) is 15.3. The lowest BCUT2D eigenvalue weighted by molar-refractivity contribution is -0.0529. The molecule has 1 aromatic heterocycles. The maximum Gasteiger partial charge on any atom is 0.330 e. The molecule has 53 heavy (non-hydrogen) atoms. The second-order valence-corrected chi connectivity index (χ2v) is 24.4. The summed E-state index contributed by atoms with van der Waals surface area (Å²) in [6, 6.07) is 40.3. The third-order valence-electron chi connectivity index (χ3n) is 10.4. The Hall–Kier alpha value is -4.21. The molecule has 0 bridgehead atoms. The molecule has 2 heterocycles. The predicted molar refractivity (Wildman–Crippen MR) is 213 cm³/mol. The number of benzene rings is 4. The van der Waals surface area contributed by atoms with Gasteiger partial charge in [0.25, 0.3) is 22.2 Å². The summed E-state index contributed by atoms with van der Waals surface area (Å²) < 4.78 is 21.4. The SMILES string of the molecule is CC(C)(C)[Si](OCc1cn([C@@H]2O[C@H](CO[Si](c3ccccc3)(c3ccccc3)C(C)(C)C)[C@@H](O)[C@H]2O)c(=O)[nH]c1=O)(c1ccccc1)c1ccccc1. The maximum absolute atomic E-state index is 13.3. The summed E-state index contributed by atoms with van der Waals surface area (Å²) in [5, 5.41) is 26.3. The average molecular weight is 751 g/mol. The van der Waals surface area contributed by atoms with Crippen LogP contribution in [0.5, 0.6) is 0 Å². The van der Waals surface area contributed by atoms with Gasteiger partial charge in [-0.1, -0.05) is 163 Å². The van der Waals surface area contributed by atoms with Crippen LogP contribution in [0.3, 0.4) is 0 Å². The van der Waals surface area contributed by atoms with E-state index in [2.05, 4.69) is 95.1 Å². The highest BCUT2D eigenvalue weighted by Crippen LogP contribution is 2.39. The van der Waals surface area contributed by atoms with Crippen molar-refractivity contribution in [3.05, 3.63) is 154 Å². The first-order valence-corrected chi connectivity index (χ1v) is 21.9. The van der Waals surface area contributed by atoms with Crippen molar-refractivity contribution >= 4 is 37.4 Å². The highest BCUT2D eigenvalue weighted by molar-refractivity contribution is 7.00. The molecule has 1 fully saturated rings. The number of aromatic amines is 1. The summed E-state index contributed by atoms with van der Waals surface area (Å²) in [6.45, 7) is 12.7. The van der Waals surface area contributed by atoms with Crippen molar-refractivity contribution in [1.29, 1.82) is 0 Å². The summed E-state index contributed by atoms with van der Waals surface area (Å²) in [5.41, 5.74) is -1.17. The molecule has 4 atom stereocenters. The number of aliphatic hydroxyl groups is 2. The Morgan fingerprint density at radius 1 is 0.642 bits per heavy atom. The van der Waals surface area contributed by atoms with Crippen LogP contribution in [0.4, 0.5) is 0 Å². The molecule has 6 rings (SSSR count). The van der Waals surface area contributed by atoms with Crippen LogP contribution >= 0.6 is 0 Å². The Morgan fingerprint density at radius 3 is 1.43 bits per heavy atom. The molecule has 0 saturated carbocycles. The van der Waals surface area contributed by atoms with E-state index in [1.54, 1.807) is 0 Å². The zero-order chi connectivity index (χ0) is 38.0. The molecule has 11 heteroatoms. The third kappa shape index (κ3) is 7.22. The molecular weight excluding hydrogens is 701 g/mol. The van der Waals surface area contributed by atoms with Crippen molar-refractivity contribution in [2.24, 2.45) is 0 Å². The summed E-state index contributed by atoms with van der Waals surface area (Å²) in [4.78, 5) is 29.1. The zero-order valence-electron chi connectivity index (χ0n) is 31.2. The van der Waals surface area contributed by atoms with E-state index in [1.807, 2.05) is 72.8 Å². The lowest BCUT2D eigenvalue weighted by atomic mass is 10.1. The molecule has 3 N–H and O–H groups in total. The third-order valence-corrected chi connectivity index (χ3v) is 20.4. The van der Waals surface area contributed by atoms with E-state index in [-0.39, 0.29) is 28.9 Å². The lowest BCUT2D eigenvalue weighted by Crippen LogP contribution is -2.67. The zero-order valence-corrected chi connectivity index (χ0v) is 33.2. The van der Waals surface area contributed by atoms with E-state index in [0.29, 0.717) is 0 Å². The van der Waals surface area contributed by atoms with Gasteiger partial charge < -0.3 is 23.8 Å². The highest BCUT2D eigenvalue weighted by Gasteiger charge is 2.53. The van der Waals surface area contributed by atoms with Crippen LogP contribution in [0.25, 0.3) is 0 Å². The Labute approximate surface area is 313 Å². The monoisotopic (exact) mass is 750 g/mol. The Morgan fingerprint density at radius 2 is 1.04 bits per heavy atom. The Bertz CT molecular complexity index is 2000. The maximum atomic E-state index is 13.3. The molecule has 9 nitrogen and oxygen atoms in total. The van der Waals surface area contributed by atoms with E-state index in [4.69, 9.17) is 13.6 Å². The van der Waals surface area contributed by atoms with E-state index >= 15 is 0 Å². The topological polar surface area (TPSA) is 123 Å². The molecule has 1 aliphatic heterocycles. The average Bonchev–Trinajstić information content (AvgIpc) is 3.42. The Kier molecular flexibility index (Phi) is 11.1. The summed E-state index contributed by atoms with van der Waals surface area (Å²) in [7, 11) is -6.03. The fourth-order valence-electron chi connectivity index (χ4n) is 7.83. The fourth-order valence-corrected chi connectivity index (χ4v) is 16.9. The van der Waals surface area contributed by atoms with Gasteiger partial charge in [-0.2, -0.15) is 0 Å². The van der Waals surface area contributed by atoms with Gasteiger partial charge >= 0.3 is 5.69 Å². The number of nitrogens with one attached hydrogen (secondary N) is 1. The number of ether oxygens (including phenoxy) is 1. The van der Waals surface area contributed by atoms with Gasteiger partial charge in [-0.3, -0.25) is 14.3 Å². The molecule has 0 amide bonds. The van der Waals surface area contributed by atoms with Crippen LogP contribution in [-0.4, -0.2) is 61.3 Å². The minimum Gasteiger partial charge on any atom is -0.405 e. The van der Waals surface area contributed by atoms with E-state index in [1.165, 1.54) is 6.20 Å². The first-order chi connectivity index (χ1) is 25.2. The molecule has 5 aromatic rings. The van der Waals surface area contributed by atoms with Gasteiger partial charge in [-0.25, -0.2) is 4.79 Å². The molecule has 1 aliphatic rings. The largest absolute Gasteiger partial charge is 0.405 e. The van der Waals surface area contributed by atoms with Crippen LogP contribution < -0.4 is 32.0 Å².